The SMILES string of the molecule is CCOc1ccccc1N(CCCC(=O)N(Cc1cccc(Cl)c1)[C@@H](C)C(=O)NC1CCCCC1)S(C)(=O)=O. The van der Waals surface area contributed by atoms with E-state index in [0.29, 0.717) is 23.1 Å². The number of carbonyl (C=O) groups excluding carboxylic acids is 2. The fourth-order valence-electron chi connectivity index (χ4n) is 4.91. The van der Waals surface area contributed by atoms with Crippen molar-refractivity contribution in [2.24, 2.45) is 0 Å². The van der Waals surface area contributed by atoms with Gasteiger partial charge in [0.1, 0.15) is 11.8 Å². The number of halogens is 1. The summed E-state index contributed by atoms with van der Waals surface area (Å²) in [5.41, 5.74) is 1.25. The van der Waals surface area contributed by atoms with Crippen LogP contribution in [-0.2, 0) is 26.2 Å². The van der Waals surface area contributed by atoms with Crippen molar-refractivity contribution in [2.45, 2.75) is 77.4 Å². The quantitative estimate of drug-likeness (QED) is 0.355. The summed E-state index contributed by atoms with van der Waals surface area (Å²) in [5, 5.41) is 3.68. The number of sulfonamides is 1. The van der Waals surface area contributed by atoms with Crippen LogP contribution >= 0.6 is 11.6 Å². The van der Waals surface area contributed by atoms with Gasteiger partial charge in [0.15, 0.2) is 0 Å². The highest BCUT2D eigenvalue weighted by Crippen LogP contribution is 2.30. The molecule has 0 bridgehead atoms. The summed E-state index contributed by atoms with van der Waals surface area (Å²) in [6, 6.07) is 13.6. The number of rotatable bonds is 13. The van der Waals surface area contributed by atoms with Gasteiger partial charge in [-0.3, -0.25) is 13.9 Å². The number of ether oxygens (including phenoxy) is 1. The molecule has 2 amide bonds. The predicted molar refractivity (Wildman–Crippen MR) is 156 cm³/mol. The van der Waals surface area contributed by atoms with Crippen molar-refractivity contribution < 1.29 is 22.7 Å². The van der Waals surface area contributed by atoms with E-state index >= 15 is 0 Å². The van der Waals surface area contributed by atoms with Crippen LogP contribution in [0, 0.1) is 0 Å². The maximum Gasteiger partial charge on any atom is 0.242 e. The summed E-state index contributed by atoms with van der Waals surface area (Å²) in [4.78, 5) is 28.3. The zero-order valence-electron chi connectivity index (χ0n) is 23.1. The largest absolute Gasteiger partial charge is 0.492 e. The summed E-state index contributed by atoms with van der Waals surface area (Å²) in [7, 11) is -3.63. The van der Waals surface area contributed by atoms with Gasteiger partial charge in [-0.05, 0) is 62.9 Å². The van der Waals surface area contributed by atoms with Gasteiger partial charge < -0.3 is 15.0 Å². The van der Waals surface area contributed by atoms with E-state index in [1.807, 2.05) is 19.1 Å². The molecule has 1 aliphatic carbocycles. The lowest BCUT2D eigenvalue weighted by Gasteiger charge is -2.31. The molecule has 39 heavy (non-hydrogen) atoms. The zero-order chi connectivity index (χ0) is 28.4. The number of benzene rings is 2. The number of nitrogens with zero attached hydrogens (tertiary/aromatic N) is 2. The van der Waals surface area contributed by atoms with Crippen molar-refractivity contribution in [1.82, 2.24) is 10.2 Å². The van der Waals surface area contributed by atoms with Gasteiger partial charge in [0, 0.05) is 30.6 Å². The highest BCUT2D eigenvalue weighted by molar-refractivity contribution is 7.92. The van der Waals surface area contributed by atoms with E-state index < -0.39 is 16.1 Å². The zero-order valence-corrected chi connectivity index (χ0v) is 24.6. The van der Waals surface area contributed by atoms with Crippen LogP contribution in [0.2, 0.25) is 5.02 Å². The Morgan fingerprint density at radius 3 is 2.49 bits per heavy atom. The van der Waals surface area contributed by atoms with Crippen LogP contribution in [0.1, 0.15) is 64.4 Å². The van der Waals surface area contributed by atoms with Gasteiger partial charge in [-0.25, -0.2) is 8.42 Å². The van der Waals surface area contributed by atoms with Gasteiger partial charge in [-0.1, -0.05) is 55.1 Å². The molecule has 214 valence electrons. The molecule has 2 aromatic rings. The summed E-state index contributed by atoms with van der Waals surface area (Å²) >= 11 is 6.18. The molecule has 1 atom stereocenters. The first kappa shape index (κ1) is 30.8. The first-order chi connectivity index (χ1) is 18.6. The second-order valence-electron chi connectivity index (χ2n) is 10.0. The molecule has 1 saturated carbocycles. The molecule has 8 nitrogen and oxygen atoms in total. The fourth-order valence-corrected chi connectivity index (χ4v) is 6.09. The molecule has 0 radical (unpaired) electrons. The van der Waals surface area contributed by atoms with Gasteiger partial charge in [0.05, 0.1) is 18.6 Å². The van der Waals surface area contributed by atoms with E-state index in [-0.39, 0.29) is 43.8 Å². The van der Waals surface area contributed by atoms with Crippen LogP contribution in [-0.4, -0.2) is 56.6 Å². The van der Waals surface area contributed by atoms with Gasteiger partial charge in [-0.2, -0.15) is 0 Å². The number of hydrogen-bond acceptors (Lipinski definition) is 5. The van der Waals surface area contributed by atoms with E-state index in [2.05, 4.69) is 5.32 Å². The van der Waals surface area contributed by atoms with Gasteiger partial charge in [-0.15, -0.1) is 0 Å². The monoisotopic (exact) mass is 577 g/mol. The molecule has 0 unspecified atom stereocenters. The van der Waals surface area contributed by atoms with Crippen molar-refractivity contribution in [1.29, 1.82) is 0 Å². The standard InChI is InChI=1S/C29H40ClN3O5S/c1-4-38-27-17-9-8-16-26(27)33(39(3,36)37)19-11-18-28(34)32(21-23-12-10-13-24(30)20-23)22(2)29(35)31-25-14-6-5-7-15-25/h8-10,12-13,16-17,20,22,25H,4-7,11,14-15,18-19,21H2,1-3H3,(H,31,35)/t22-/m0/s1. The first-order valence-electron chi connectivity index (χ1n) is 13.6. The summed E-state index contributed by atoms with van der Waals surface area (Å²) in [5.74, 6) is 0.0563. The molecule has 1 aliphatic rings. The van der Waals surface area contributed by atoms with Crippen LogP contribution in [0.3, 0.4) is 0 Å². The average molecular weight is 578 g/mol. The van der Waals surface area contributed by atoms with E-state index in [0.717, 1.165) is 37.5 Å². The van der Waals surface area contributed by atoms with Crippen LogP contribution < -0.4 is 14.4 Å². The second kappa shape index (κ2) is 14.6. The number of amides is 2. The van der Waals surface area contributed by atoms with Crippen molar-refractivity contribution in [3.05, 3.63) is 59.1 Å². The van der Waals surface area contributed by atoms with Gasteiger partial charge in [0.25, 0.3) is 0 Å². The molecule has 0 saturated heterocycles. The summed E-state index contributed by atoms with van der Waals surface area (Å²) in [6.07, 6.45) is 6.75. The molecule has 1 fully saturated rings. The average Bonchev–Trinajstić information content (AvgIpc) is 2.90. The summed E-state index contributed by atoms with van der Waals surface area (Å²) in [6.45, 7) is 4.29. The number of anilines is 1. The van der Waals surface area contributed by atoms with Crippen LogP contribution in [0.25, 0.3) is 0 Å². The molecule has 0 spiro atoms. The molecule has 1 N–H and O–H groups in total. The van der Waals surface area contributed by atoms with Crippen molar-refractivity contribution >= 4 is 39.1 Å². The molecular formula is C29H40ClN3O5S. The minimum absolute atomic E-state index is 0.0738. The molecule has 0 aromatic heterocycles. The Bertz CT molecular complexity index is 1220. The Morgan fingerprint density at radius 1 is 1.10 bits per heavy atom. The summed E-state index contributed by atoms with van der Waals surface area (Å²) < 4.78 is 32.2. The Labute approximate surface area is 237 Å². The Hall–Kier alpha value is -2.78. The fraction of sp³-hybridized carbons (Fsp3) is 0.517. The predicted octanol–water partition coefficient (Wildman–Crippen LogP) is 5.15. The molecule has 0 aliphatic heterocycles. The van der Waals surface area contributed by atoms with Gasteiger partial charge >= 0.3 is 0 Å². The van der Waals surface area contributed by atoms with E-state index in [1.165, 1.54) is 10.7 Å². The third-order valence-electron chi connectivity index (χ3n) is 6.95. The Morgan fingerprint density at radius 2 is 1.82 bits per heavy atom. The normalized spacial score (nSPS) is 14.9. The van der Waals surface area contributed by atoms with Crippen molar-refractivity contribution in [3.63, 3.8) is 0 Å². The third kappa shape index (κ3) is 9.14. The molecule has 10 heteroatoms. The van der Waals surface area contributed by atoms with E-state index in [1.54, 1.807) is 48.2 Å². The number of hydrogen-bond donors (Lipinski definition) is 1. The minimum atomic E-state index is -3.63. The lowest BCUT2D eigenvalue weighted by molar-refractivity contribution is -0.141. The molecule has 3 rings (SSSR count). The smallest absolute Gasteiger partial charge is 0.242 e. The highest BCUT2D eigenvalue weighted by Gasteiger charge is 2.29. The highest BCUT2D eigenvalue weighted by atomic mass is 35.5. The van der Waals surface area contributed by atoms with Crippen molar-refractivity contribution in [3.8, 4) is 5.75 Å². The van der Waals surface area contributed by atoms with Crippen LogP contribution in [0.15, 0.2) is 48.5 Å². The maximum atomic E-state index is 13.5. The Balaban J connectivity index is 1.74. The molecule has 2 aromatic carbocycles. The Kier molecular flexibility index (Phi) is 11.5. The maximum absolute atomic E-state index is 13.5. The first-order valence-corrected chi connectivity index (χ1v) is 15.9. The molecule has 0 heterocycles. The van der Waals surface area contributed by atoms with Crippen molar-refractivity contribution in [2.75, 3.05) is 23.7 Å². The molecular weight excluding hydrogens is 538 g/mol. The third-order valence-corrected chi connectivity index (χ3v) is 8.36. The number of para-hydroxylation sites is 2. The van der Waals surface area contributed by atoms with E-state index in [4.69, 9.17) is 16.3 Å². The second-order valence-corrected chi connectivity index (χ2v) is 12.4. The van der Waals surface area contributed by atoms with Gasteiger partial charge in [0.2, 0.25) is 21.8 Å². The minimum Gasteiger partial charge on any atom is -0.492 e. The van der Waals surface area contributed by atoms with E-state index in [9.17, 15) is 18.0 Å². The van der Waals surface area contributed by atoms with Crippen LogP contribution in [0.5, 0.6) is 5.75 Å². The lowest BCUT2D eigenvalue weighted by atomic mass is 9.95. The number of nitrogens with one attached hydrogen (secondary N) is 1. The lowest BCUT2D eigenvalue weighted by Crippen LogP contribution is -2.50. The number of carbonyl (C=O) groups is 2. The van der Waals surface area contributed by atoms with Crippen LogP contribution in [0.4, 0.5) is 5.69 Å². The topological polar surface area (TPSA) is 96.0 Å².